The summed E-state index contributed by atoms with van der Waals surface area (Å²) in [6.45, 7) is 1.82. The first-order chi connectivity index (χ1) is 10.0. The van der Waals surface area contributed by atoms with Crippen LogP contribution in [-0.4, -0.2) is 15.8 Å². The quantitative estimate of drug-likeness (QED) is 0.663. The van der Waals surface area contributed by atoms with E-state index in [-0.39, 0.29) is 16.8 Å². The predicted octanol–water partition coefficient (Wildman–Crippen LogP) is 2.10. The van der Waals surface area contributed by atoms with Crippen LogP contribution in [0.1, 0.15) is 22.8 Å². The number of benzene rings is 1. The van der Waals surface area contributed by atoms with E-state index in [0.29, 0.717) is 17.7 Å². The van der Waals surface area contributed by atoms with Gasteiger partial charge < -0.3 is 10.3 Å². The number of aromatic nitrogens is 1. The summed E-state index contributed by atoms with van der Waals surface area (Å²) in [5.74, 6) is -0.454. The number of pyridine rings is 1. The maximum Gasteiger partial charge on any atom is 0.274 e. The molecule has 0 atom stereocenters. The van der Waals surface area contributed by atoms with Crippen LogP contribution in [0.3, 0.4) is 0 Å². The summed E-state index contributed by atoms with van der Waals surface area (Å²) < 4.78 is 0. The number of rotatable bonds is 4. The monoisotopic (exact) mass is 287 g/mol. The van der Waals surface area contributed by atoms with Crippen molar-refractivity contribution in [2.75, 3.05) is 5.32 Å². The number of aromatic amines is 1. The molecule has 0 unspecified atom stereocenters. The number of nitrogens with one attached hydrogen (secondary N) is 2. The van der Waals surface area contributed by atoms with Gasteiger partial charge in [0.05, 0.1) is 10.5 Å². The average Bonchev–Trinajstić information content (AvgIpc) is 2.47. The number of anilines is 1. The molecule has 0 bridgehead atoms. The number of nitrogens with zero attached hydrogens (tertiary/aromatic N) is 1. The molecule has 108 valence electrons. The fraction of sp³-hybridized carbons (Fsp3) is 0.143. The van der Waals surface area contributed by atoms with E-state index in [1.54, 1.807) is 12.1 Å². The van der Waals surface area contributed by atoms with Gasteiger partial charge >= 0.3 is 0 Å². The van der Waals surface area contributed by atoms with Gasteiger partial charge in [-0.2, -0.15) is 0 Å². The Labute approximate surface area is 119 Å². The molecular weight excluding hydrogens is 274 g/mol. The molecule has 0 spiro atoms. The third-order valence-electron chi connectivity index (χ3n) is 2.97. The van der Waals surface area contributed by atoms with Gasteiger partial charge in [-0.25, -0.2) is 0 Å². The Morgan fingerprint density at radius 2 is 2.10 bits per heavy atom. The molecule has 0 aliphatic heterocycles. The summed E-state index contributed by atoms with van der Waals surface area (Å²) >= 11 is 0. The Kier molecular flexibility index (Phi) is 4.13. The summed E-state index contributed by atoms with van der Waals surface area (Å²) in [5, 5.41) is 13.5. The van der Waals surface area contributed by atoms with Crippen molar-refractivity contribution in [1.29, 1.82) is 0 Å². The highest BCUT2D eigenvalue weighted by Gasteiger charge is 2.14. The molecule has 0 aliphatic carbocycles. The Hall–Kier alpha value is -2.96. The molecule has 0 radical (unpaired) electrons. The predicted molar refractivity (Wildman–Crippen MR) is 77.5 cm³/mol. The minimum atomic E-state index is -0.478. The molecular formula is C14H13N3O4. The van der Waals surface area contributed by atoms with Crippen LogP contribution in [0.15, 0.2) is 41.3 Å². The van der Waals surface area contributed by atoms with Crippen LogP contribution >= 0.6 is 0 Å². The number of hydrogen-bond donors (Lipinski definition) is 2. The van der Waals surface area contributed by atoms with E-state index in [9.17, 15) is 19.7 Å². The zero-order valence-electron chi connectivity index (χ0n) is 11.3. The van der Waals surface area contributed by atoms with Crippen molar-refractivity contribution >= 4 is 17.3 Å². The minimum absolute atomic E-state index is 0.0308. The summed E-state index contributed by atoms with van der Waals surface area (Å²) in [4.78, 5) is 35.8. The van der Waals surface area contributed by atoms with Gasteiger partial charge in [-0.1, -0.05) is 13.0 Å². The van der Waals surface area contributed by atoms with Crippen LogP contribution < -0.4 is 10.9 Å². The third kappa shape index (κ3) is 3.33. The van der Waals surface area contributed by atoms with E-state index in [1.165, 1.54) is 24.4 Å². The van der Waals surface area contributed by atoms with Gasteiger partial charge in [-0.3, -0.25) is 19.7 Å². The molecule has 2 rings (SSSR count). The SMILES string of the molecule is CCc1ccc(NC(=O)c2ccc(=O)[nH]c2)cc1[N+](=O)[O-]. The van der Waals surface area contributed by atoms with Crippen LogP contribution in [0.2, 0.25) is 0 Å². The lowest BCUT2D eigenvalue weighted by Crippen LogP contribution is -2.14. The first kappa shape index (κ1) is 14.4. The second-order valence-corrected chi connectivity index (χ2v) is 4.35. The summed E-state index contributed by atoms with van der Waals surface area (Å²) in [6.07, 6.45) is 1.82. The third-order valence-corrected chi connectivity index (χ3v) is 2.97. The summed E-state index contributed by atoms with van der Waals surface area (Å²) in [5.41, 5.74) is 0.847. The average molecular weight is 287 g/mol. The zero-order chi connectivity index (χ0) is 15.4. The Morgan fingerprint density at radius 1 is 1.33 bits per heavy atom. The van der Waals surface area contributed by atoms with E-state index in [2.05, 4.69) is 10.3 Å². The van der Waals surface area contributed by atoms with Gasteiger partial charge in [0.1, 0.15) is 0 Å². The summed E-state index contributed by atoms with van der Waals surface area (Å²) in [6, 6.07) is 7.15. The lowest BCUT2D eigenvalue weighted by atomic mass is 10.1. The van der Waals surface area contributed by atoms with E-state index in [1.807, 2.05) is 6.92 Å². The number of carbonyl (C=O) groups is 1. The highest BCUT2D eigenvalue weighted by Crippen LogP contribution is 2.23. The van der Waals surface area contributed by atoms with Crippen LogP contribution in [0.4, 0.5) is 11.4 Å². The van der Waals surface area contributed by atoms with Crippen molar-refractivity contribution in [3.05, 3.63) is 68.1 Å². The number of H-pyrrole nitrogens is 1. The van der Waals surface area contributed by atoms with Gasteiger partial charge in [0.2, 0.25) is 5.56 Å². The van der Waals surface area contributed by atoms with Crippen molar-refractivity contribution in [2.24, 2.45) is 0 Å². The number of aryl methyl sites for hydroxylation is 1. The van der Waals surface area contributed by atoms with E-state index in [4.69, 9.17) is 0 Å². The van der Waals surface area contributed by atoms with E-state index < -0.39 is 10.8 Å². The standard InChI is InChI=1S/C14H13N3O4/c1-2-9-3-5-11(7-12(9)17(20)21)16-14(19)10-4-6-13(18)15-8-10/h3-8H,2H2,1H3,(H,15,18)(H,16,19). The fourth-order valence-corrected chi connectivity index (χ4v) is 1.87. The van der Waals surface area contributed by atoms with E-state index >= 15 is 0 Å². The van der Waals surface area contributed by atoms with Crippen LogP contribution in [-0.2, 0) is 6.42 Å². The van der Waals surface area contributed by atoms with Crippen LogP contribution in [0, 0.1) is 10.1 Å². The normalized spacial score (nSPS) is 10.1. The molecule has 1 aromatic carbocycles. The fourth-order valence-electron chi connectivity index (χ4n) is 1.87. The summed E-state index contributed by atoms with van der Waals surface area (Å²) in [7, 11) is 0. The second-order valence-electron chi connectivity index (χ2n) is 4.35. The number of carbonyl (C=O) groups excluding carboxylic acids is 1. The van der Waals surface area contributed by atoms with Gasteiger partial charge in [0.15, 0.2) is 0 Å². The second kappa shape index (κ2) is 6.00. The lowest BCUT2D eigenvalue weighted by Gasteiger charge is -2.06. The first-order valence-corrected chi connectivity index (χ1v) is 6.28. The topological polar surface area (TPSA) is 105 Å². The molecule has 7 heteroatoms. The maximum absolute atomic E-state index is 12.0. The Bertz CT molecular complexity index is 732. The van der Waals surface area contributed by atoms with Crippen molar-refractivity contribution in [3.63, 3.8) is 0 Å². The van der Waals surface area contributed by atoms with Crippen molar-refractivity contribution in [2.45, 2.75) is 13.3 Å². The number of amides is 1. The van der Waals surface area contributed by atoms with Crippen molar-refractivity contribution in [1.82, 2.24) is 4.98 Å². The van der Waals surface area contributed by atoms with Crippen LogP contribution in [0.5, 0.6) is 0 Å². The molecule has 2 N–H and O–H groups in total. The molecule has 0 saturated heterocycles. The highest BCUT2D eigenvalue weighted by atomic mass is 16.6. The molecule has 1 heterocycles. The number of hydrogen-bond acceptors (Lipinski definition) is 4. The van der Waals surface area contributed by atoms with Gasteiger partial charge in [0.25, 0.3) is 11.6 Å². The smallest absolute Gasteiger partial charge is 0.274 e. The molecule has 7 nitrogen and oxygen atoms in total. The van der Waals surface area contributed by atoms with Crippen molar-refractivity contribution in [3.8, 4) is 0 Å². The molecule has 21 heavy (non-hydrogen) atoms. The highest BCUT2D eigenvalue weighted by molar-refractivity contribution is 6.04. The van der Waals surface area contributed by atoms with Gasteiger partial charge in [-0.15, -0.1) is 0 Å². The first-order valence-electron chi connectivity index (χ1n) is 6.28. The van der Waals surface area contributed by atoms with Gasteiger partial charge in [0, 0.05) is 29.6 Å². The van der Waals surface area contributed by atoms with Crippen molar-refractivity contribution < 1.29 is 9.72 Å². The number of nitro groups is 1. The Morgan fingerprint density at radius 3 is 2.67 bits per heavy atom. The maximum atomic E-state index is 12.0. The number of nitro benzene ring substituents is 1. The van der Waals surface area contributed by atoms with Gasteiger partial charge in [-0.05, 0) is 18.6 Å². The largest absolute Gasteiger partial charge is 0.328 e. The Balaban J connectivity index is 2.25. The molecule has 0 aliphatic rings. The minimum Gasteiger partial charge on any atom is -0.328 e. The van der Waals surface area contributed by atoms with Crippen LogP contribution in [0.25, 0.3) is 0 Å². The lowest BCUT2D eigenvalue weighted by molar-refractivity contribution is -0.385. The van der Waals surface area contributed by atoms with E-state index in [0.717, 1.165) is 0 Å². The molecule has 0 saturated carbocycles. The molecule has 2 aromatic rings. The zero-order valence-corrected chi connectivity index (χ0v) is 11.3. The molecule has 0 fully saturated rings. The molecule has 1 aromatic heterocycles. The molecule has 1 amide bonds.